The van der Waals surface area contributed by atoms with Crippen LogP contribution in [0.5, 0.6) is 0 Å². The third kappa shape index (κ3) is 39.7. The molecule has 0 saturated carbocycles. The fourth-order valence-electron chi connectivity index (χ4n) is 8.78. The van der Waals surface area contributed by atoms with E-state index in [9.17, 15) is 34.5 Å². The minimum atomic E-state index is -1.91. The van der Waals surface area contributed by atoms with Gasteiger partial charge in [-0.3, -0.25) is 14.4 Å². The molecule has 422 valence electrons. The van der Waals surface area contributed by atoms with Gasteiger partial charge in [0.15, 0.2) is 24.6 Å². The van der Waals surface area contributed by atoms with E-state index >= 15 is 0 Å². The van der Waals surface area contributed by atoms with Gasteiger partial charge in [0.05, 0.1) is 6.61 Å². The van der Waals surface area contributed by atoms with E-state index in [0.29, 0.717) is 19.3 Å². The van der Waals surface area contributed by atoms with Gasteiger partial charge in [0, 0.05) is 19.3 Å². The van der Waals surface area contributed by atoms with E-state index in [0.717, 1.165) is 109 Å². The molecular formula is C61H106O12. The summed E-state index contributed by atoms with van der Waals surface area (Å²) in [5, 5.41) is 31.5. The lowest BCUT2D eigenvalue weighted by molar-refractivity contribution is -0.301. The van der Waals surface area contributed by atoms with Gasteiger partial charge in [-0.15, -0.1) is 0 Å². The fourth-order valence-corrected chi connectivity index (χ4v) is 8.78. The van der Waals surface area contributed by atoms with Crippen LogP contribution in [-0.2, 0) is 42.9 Å². The van der Waals surface area contributed by atoms with E-state index in [2.05, 4.69) is 69.4 Å². The summed E-state index contributed by atoms with van der Waals surface area (Å²) in [6, 6.07) is 0. The number of rotatable bonds is 50. The number of hydrogen-bond donors (Lipinski definition) is 3. The van der Waals surface area contributed by atoms with Crippen LogP contribution in [-0.4, -0.2) is 89.2 Å². The summed E-state index contributed by atoms with van der Waals surface area (Å²) in [6.45, 7) is 5.94. The molecule has 0 aromatic heterocycles. The van der Waals surface area contributed by atoms with E-state index in [1.807, 2.05) is 0 Å². The highest BCUT2D eigenvalue weighted by Crippen LogP contribution is 2.26. The Balaban J connectivity index is 2.67. The van der Waals surface area contributed by atoms with Gasteiger partial charge in [-0.2, -0.15) is 0 Å². The number of aliphatic carboxylic acids is 1. The van der Waals surface area contributed by atoms with Gasteiger partial charge in [0.1, 0.15) is 18.8 Å². The number of carbonyl (C=O) groups is 4. The molecule has 0 amide bonds. The normalized spacial score (nSPS) is 18.6. The number of aliphatic hydroxyl groups excluding tert-OH is 2. The molecule has 12 nitrogen and oxygen atoms in total. The molecule has 73 heavy (non-hydrogen) atoms. The molecule has 0 aromatic carbocycles. The smallest absolute Gasteiger partial charge is 0.335 e. The quantitative estimate of drug-likeness (QED) is 0.0228. The second kappa shape index (κ2) is 49.6. The molecule has 1 rings (SSSR count). The summed E-state index contributed by atoms with van der Waals surface area (Å²) in [4.78, 5) is 51.0. The van der Waals surface area contributed by atoms with Crippen molar-refractivity contribution in [2.75, 3.05) is 13.2 Å². The highest BCUT2D eigenvalue weighted by atomic mass is 16.7. The van der Waals surface area contributed by atoms with Crippen LogP contribution in [0.15, 0.2) is 48.6 Å². The Morgan fingerprint density at radius 1 is 0.452 bits per heavy atom. The van der Waals surface area contributed by atoms with Crippen LogP contribution < -0.4 is 0 Å². The Bertz CT molecular complexity index is 1460. The fraction of sp³-hybridized carbons (Fsp3) is 0.803. The zero-order valence-electron chi connectivity index (χ0n) is 46.4. The Hall–Kier alpha value is -3.32. The van der Waals surface area contributed by atoms with E-state index in [-0.39, 0.29) is 25.9 Å². The van der Waals surface area contributed by atoms with Crippen LogP contribution in [0.1, 0.15) is 265 Å². The average molecular weight is 1030 g/mol. The number of carboxylic acid groups (broad SMARTS) is 1. The molecule has 0 aromatic rings. The van der Waals surface area contributed by atoms with E-state index in [1.54, 1.807) is 0 Å². The Kier molecular flexibility index (Phi) is 45.9. The first kappa shape index (κ1) is 67.7. The number of hydrogen-bond acceptors (Lipinski definition) is 11. The van der Waals surface area contributed by atoms with Crippen LogP contribution in [0, 0.1) is 0 Å². The third-order valence-corrected chi connectivity index (χ3v) is 13.4. The largest absolute Gasteiger partial charge is 0.479 e. The maximum Gasteiger partial charge on any atom is 0.335 e. The number of aliphatic hydroxyl groups is 2. The Morgan fingerprint density at radius 3 is 1.30 bits per heavy atom. The minimum Gasteiger partial charge on any atom is -0.479 e. The van der Waals surface area contributed by atoms with Crippen molar-refractivity contribution in [3.05, 3.63) is 48.6 Å². The van der Waals surface area contributed by atoms with Crippen LogP contribution in [0.3, 0.4) is 0 Å². The second-order valence-corrected chi connectivity index (χ2v) is 20.3. The van der Waals surface area contributed by atoms with Crippen molar-refractivity contribution in [3.63, 3.8) is 0 Å². The van der Waals surface area contributed by atoms with Crippen molar-refractivity contribution >= 4 is 23.9 Å². The van der Waals surface area contributed by atoms with Gasteiger partial charge in [0.2, 0.25) is 0 Å². The van der Waals surface area contributed by atoms with E-state index in [1.165, 1.54) is 96.3 Å². The number of unbranched alkanes of at least 4 members (excludes halogenated alkanes) is 28. The molecule has 1 fully saturated rings. The Morgan fingerprint density at radius 2 is 0.822 bits per heavy atom. The summed E-state index contributed by atoms with van der Waals surface area (Å²) in [5.74, 6) is -3.13. The minimum absolute atomic E-state index is 0.0468. The predicted molar refractivity (Wildman–Crippen MR) is 294 cm³/mol. The van der Waals surface area contributed by atoms with Gasteiger partial charge in [-0.1, -0.05) is 211 Å². The molecule has 12 heteroatoms. The van der Waals surface area contributed by atoms with Gasteiger partial charge < -0.3 is 39.0 Å². The lowest BCUT2D eigenvalue weighted by Crippen LogP contribution is -2.61. The lowest BCUT2D eigenvalue weighted by Gasteiger charge is -2.40. The number of allylic oxidation sites excluding steroid dienone is 8. The molecule has 0 aliphatic carbocycles. The predicted octanol–water partition coefficient (Wildman–Crippen LogP) is 15.0. The van der Waals surface area contributed by atoms with Crippen molar-refractivity contribution in [3.8, 4) is 0 Å². The molecule has 0 bridgehead atoms. The first-order valence-electron chi connectivity index (χ1n) is 29.6. The van der Waals surface area contributed by atoms with E-state index in [4.69, 9.17) is 23.7 Å². The van der Waals surface area contributed by atoms with Crippen LogP contribution in [0.25, 0.3) is 0 Å². The van der Waals surface area contributed by atoms with Crippen LogP contribution in [0.2, 0.25) is 0 Å². The van der Waals surface area contributed by atoms with Crippen LogP contribution in [0.4, 0.5) is 0 Å². The maximum absolute atomic E-state index is 13.1. The number of esters is 3. The number of carbonyl (C=O) groups excluding carboxylic acids is 3. The summed E-state index contributed by atoms with van der Waals surface area (Å²) < 4.78 is 28.4. The molecule has 3 N–H and O–H groups in total. The number of carboxylic acids is 1. The number of ether oxygens (including phenoxy) is 5. The van der Waals surface area contributed by atoms with Crippen LogP contribution >= 0.6 is 0 Å². The zero-order valence-corrected chi connectivity index (χ0v) is 46.4. The molecule has 1 saturated heterocycles. The standard InChI is InChI=1S/C61H106O12/c1-4-7-10-13-16-19-22-24-25-26-27-28-29-31-34-37-40-43-46-49-55(64)72-59-57(66)56(65)58(60(67)68)73-61(59)70-51-52(71-54(63)48-45-42-39-36-32-21-18-15-12-9-6-3)50-69-53(62)47-44-41-38-35-33-30-23-20-17-14-11-8-5-2/h16,19-20,23-25,27-28,52,56-59,61,65-66H,4-15,17-18,21-22,26,29-51H2,1-3H3,(H,67,68)/b19-16-,23-20-,25-24-,28-27-. The molecule has 0 spiro atoms. The molecular weight excluding hydrogens is 925 g/mol. The monoisotopic (exact) mass is 1030 g/mol. The molecule has 1 aliphatic rings. The van der Waals surface area contributed by atoms with Gasteiger partial charge in [-0.25, -0.2) is 4.79 Å². The molecule has 6 atom stereocenters. The van der Waals surface area contributed by atoms with Crippen molar-refractivity contribution < 1.29 is 58.2 Å². The van der Waals surface area contributed by atoms with Gasteiger partial charge >= 0.3 is 23.9 Å². The Labute approximate surface area is 443 Å². The van der Waals surface area contributed by atoms with Crippen molar-refractivity contribution in [1.82, 2.24) is 0 Å². The summed E-state index contributed by atoms with van der Waals surface area (Å²) in [5.41, 5.74) is 0. The molecule has 6 unspecified atom stereocenters. The second-order valence-electron chi connectivity index (χ2n) is 20.3. The van der Waals surface area contributed by atoms with Gasteiger partial charge in [-0.05, 0) is 83.5 Å². The summed E-state index contributed by atoms with van der Waals surface area (Å²) in [6.07, 6.45) is 46.5. The molecule has 1 heterocycles. The maximum atomic E-state index is 13.1. The average Bonchev–Trinajstić information content (AvgIpc) is 3.37. The third-order valence-electron chi connectivity index (χ3n) is 13.4. The molecule has 1 aliphatic heterocycles. The first-order chi connectivity index (χ1) is 35.6. The highest BCUT2D eigenvalue weighted by Gasteiger charge is 2.50. The zero-order chi connectivity index (χ0) is 53.3. The summed E-state index contributed by atoms with van der Waals surface area (Å²) >= 11 is 0. The SMILES string of the molecule is CCCCC/C=C\C/C=C\C/C=C\CCCCCCCCC(=O)OC1C(OCC(COC(=O)CCCCCCC/C=C\CCCCCC)OC(=O)CCCCCCCCCCCCC)OC(C(=O)O)C(O)C1O. The topological polar surface area (TPSA) is 175 Å². The van der Waals surface area contributed by atoms with Gasteiger partial charge in [0.25, 0.3) is 0 Å². The molecule has 0 radical (unpaired) electrons. The summed E-state index contributed by atoms with van der Waals surface area (Å²) in [7, 11) is 0. The van der Waals surface area contributed by atoms with E-state index < -0.39 is 67.3 Å². The van der Waals surface area contributed by atoms with Crippen molar-refractivity contribution in [2.45, 2.75) is 302 Å². The first-order valence-corrected chi connectivity index (χ1v) is 29.6. The van der Waals surface area contributed by atoms with Crippen molar-refractivity contribution in [1.29, 1.82) is 0 Å². The highest BCUT2D eigenvalue weighted by molar-refractivity contribution is 5.74. The van der Waals surface area contributed by atoms with Crippen molar-refractivity contribution in [2.24, 2.45) is 0 Å². The lowest BCUT2D eigenvalue weighted by atomic mass is 9.98.